The summed E-state index contributed by atoms with van der Waals surface area (Å²) >= 11 is 1.56. The van der Waals surface area contributed by atoms with E-state index in [0.29, 0.717) is 30.8 Å². The zero-order valence-corrected chi connectivity index (χ0v) is 20.0. The van der Waals surface area contributed by atoms with Crippen LogP contribution in [0.5, 0.6) is 0 Å². The number of benzene rings is 3. The van der Waals surface area contributed by atoms with Crippen LogP contribution in [-0.2, 0) is 11.3 Å². The molecule has 1 N–H and O–H groups in total. The van der Waals surface area contributed by atoms with Crippen LogP contribution in [0.4, 0.5) is 5.69 Å². The van der Waals surface area contributed by atoms with Crippen LogP contribution >= 0.6 is 11.8 Å². The largest absolute Gasteiger partial charge is 0.385 e. The van der Waals surface area contributed by atoms with E-state index >= 15 is 0 Å². The van der Waals surface area contributed by atoms with Crippen molar-refractivity contribution >= 4 is 29.3 Å². The van der Waals surface area contributed by atoms with Gasteiger partial charge in [0.1, 0.15) is 0 Å². The predicted molar refractivity (Wildman–Crippen MR) is 132 cm³/mol. The number of amides is 2. The standard InChI is InChI=1S/C27H28N2O3S/c1-18-9-10-19(2)21(15-18)17-29-23-16-20(26(30)28-13-6-14-32-3)11-12-25(23)33-24-8-5-4-7-22(24)27(29)31/h4-5,7-12,15-16H,6,13-14,17H2,1-3H3,(H,28,30). The van der Waals surface area contributed by atoms with Gasteiger partial charge in [-0.3, -0.25) is 9.59 Å². The molecule has 6 heteroatoms. The molecule has 1 heterocycles. The number of carbonyl (C=O) groups is 2. The normalized spacial score (nSPS) is 12.7. The van der Waals surface area contributed by atoms with E-state index in [2.05, 4.69) is 37.4 Å². The molecule has 2 amide bonds. The van der Waals surface area contributed by atoms with Crippen LogP contribution in [0.15, 0.2) is 70.5 Å². The molecule has 0 atom stereocenters. The Kier molecular flexibility index (Phi) is 7.16. The molecule has 0 bridgehead atoms. The summed E-state index contributed by atoms with van der Waals surface area (Å²) < 4.78 is 5.05. The third kappa shape index (κ3) is 5.13. The lowest BCUT2D eigenvalue weighted by Crippen LogP contribution is -2.31. The van der Waals surface area contributed by atoms with Crippen LogP contribution in [0.1, 0.15) is 43.8 Å². The van der Waals surface area contributed by atoms with E-state index in [1.807, 2.05) is 42.5 Å². The van der Waals surface area contributed by atoms with Crippen molar-refractivity contribution in [3.63, 3.8) is 0 Å². The van der Waals surface area contributed by atoms with E-state index in [-0.39, 0.29) is 11.8 Å². The number of nitrogens with one attached hydrogen (secondary N) is 1. The van der Waals surface area contributed by atoms with Gasteiger partial charge in [0.25, 0.3) is 11.8 Å². The Bertz CT molecular complexity index is 1190. The number of ether oxygens (including phenoxy) is 1. The topological polar surface area (TPSA) is 58.6 Å². The monoisotopic (exact) mass is 460 g/mol. The van der Waals surface area contributed by atoms with Gasteiger partial charge in [-0.2, -0.15) is 0 Å². The van der Waals surface area contributed by atoms with Crippen molar-refractivity contribution in [3.8, 4) is 0 Å². The first-order valence-electron chi connectivity index (χ1n) is 11.0. The highest BCUT2D eigenvalue weighted by molar-refractivity contribution is 7.99. The van der Waals surface area contributed by atoms with E-state index < -0.39 is 0 Å². The van der Waals surface area contributed by atoms with Gasteiger partial charge < -0.3 is 15.0 Å². The van der Waals surface area contributed by atoms with Gasteiger partial charge in [0, 0.05) is 35.6 Å². The third-order valence-electron chi connectivity index (χ3n) is 5.74. The van der Waals surface area contributed by atoms with Crippen LogP contribution in [-0.4, -0.2) is 32.1 Å². The van der Waals surface area contributed by atoms with Gasteiger partial charge in [0.05, 0.1) is 17.8 Å². The molecular formula is C27H28N2O3S. The van der Waals surface area contributed by atoms with E-state index in [0.717, 1.165) is 38.6 Å². The van der Waals surface area contributed by atoms with E-state index in [1.54, 1.807) is 23.8 Å². The smallest absolute Gasteiger partial charge is 0.259 e. The lowest BCUT2D eigenvalue weighted by molar-refractivity contribution is 0.0945. The maximum absolute atomic E-state index is 13.7. The number of hydrogen-bond donors (Lipinski definition) is 1. The number of aryl methyl sites for hydroxylation is 2. The third-order valence-corrected chi connectivity index (χ3v) is 6.88. The van der Waals surface area contributed by atoms with Crippen LogP contribution in [0.25, 0.3) is 0 Å². The van der Waals surface area contributed by atoms with Crippen LogP contribution < -0.4 is 10.2 Å². The Labute approximate surface area is 199 Å². The van der Waals surface area contributed by atoms with Crippen molar-refractivity contribution in [1.82, 2.24) is 5.32 Å². The Morgan fingerprint density at radius 2 is 1.85 bits per heavy atom. The van der Waals surface area contributed by atoms with Gasteiger partial charge in [0.2, 0.25) is 0 Å². The molecule has 0 radical (unpaired) electrons. The molecule has 0 aliphatic carbocycles. The molecule has 0 spiro atoms. The first kappa shape index (κ1) is 23.1. The summed E-state index contributed by atoms with van der Waals surface area (Å²) in [7, 11) is 1.64. The SMILES string of the molecule is COCCCNC(=O)c1ccc2c(c1)N(Cc1cc(C)ccc1C)C(=O)c1ccccc1S2. The maximum atomic E-state index is 13.7. The summed E-state index contributed by atoms with van der Waals surface area (Å²) in [5.74, 6) is -0.213. The number of fused-ring (bicyclic) bond motifs is 2. The second-order valence-corrected chi connectivity index (χ2v) is 9.29. The quantitative estimate of drug-likeness (QED) is 0.481. The van der Waals surface area contributed by atoms with E-state index in [1.165, 1.54) is 0 Å². The van der Waals surface area contributed by atoms with Gasteiger partial charge in [-0.05, 0) is 61.7 Å². The summed E-state index contributed by atoms with van der Waals surface area (Å²) in [6.07, 6.45) is 0.746. The highest BCUT2D eigenvalue weighted by atomic mass is 32.2. The van der Waals surface area contributed by atoms with Crippen molar-refractivity contribution in [2.45, 2.75) is 36.6 Å². The molecule has 0 aromatic heterocycles. The zero-order valence-electron chi connectivity index (χ0n) is 19.2. The van der Waals surface area contributed by atoms with Gasteiger partial charge in [-0.1, -0.05) is 47.7 Å². The summed E-state index contributed by atoms with van der Waals surface area (Å²) in [6, 6.07) is 19.6. The zero-order chi connectivity index (χ0) is 23.4. The number of methoxy groups -OCH3 is 1. The molecule has 33 heavy (non-hydrogen) atoms. The number of carbonyl (C=O) groups excluding carboxylic acids is 2. The van der Waals surface area contributed by atoms with E-state index in [9.17, 15) is 9.59 Å². The molecule has 0 unspecified atom stereocenters. The van der Waals surface area contributed by atoms with E-state index in [4.69, 9.17) is 4.74 Å². The Morgan fingerprint density at radius 3 is 2.67 bits per heavy atom. The molecule has 1 aliphatic heterocycles. The van der Waals surface area contributed by atoms with Crippen molar-refractivity contribution < 1.29 is 14.3 Å². The van der Waals surface area contributed by atoms with Crippen LogP contribution in [0.3, 0.4) is 0 Å². The molecule has 3 aromatic rings. The van der Waals surface area contributed by atoms with Crippen LogP contribution in [0.2, 0.25) is 0 Å². The number of rotatable bonds is 7. The van der Waals surface area contributed by atoms with Crippen LogP contribution in [0, 0.1) is 13.8 Å². The average molecular weight is 461 g/mol. The molecule has 0 saturated carbocycles. The van der Waals surface area contributed by atoms with Crippen molar-refractivity contribution in [1.29, 1.82) is 0 Å². The highest BCUT2D eigenvalue weighted by Crippen LogP contribution is 2.42. The second-order valence-electron chi connectivity index (χ2n) is 8.20. The number of anilines is 1. The van der Waals surface area contributed by atoms with Crippen molar-refractivity contribution in [2.75, 3.05) is 25.2 Å². The first-order chi connectivity index (χ1) is 16.0. The Morgan fingerprint density at radius 1 is 1.03 bits per heavy atom. The molecule has 0 saturated heterocycles. The minimum absolute atomic E-state index is 0.0598. The molecule has 0 fully saturated rings. The summed E-state index contributed by atoms with van der Waals surface area (Å²) in [4.78, 5) is 30.2. The molecule has 5 nitrogen and oxygen atoms in total. The number of hydrogen-bond acceptors (Lipinski definition) is 4. The van der Waals surface area contributed by atoms with Gasteiger partial charge in [0.15, 0.2) is 0 Å². The average Bonchev–Trinajstić information content (AvgIpc) is 2.93. The molecule has 1 aliphatic rings. The fraction of sp³-hybridized carbons (Fsp3) is 0.259. The predicted octanol–water partition coefficient (Wildman–Crippen LogP) is 5.38. The molecule has 3 aromatic carbocycles. The van der Waals surface area contributed by atoms with Crippen molar-refractivity contribution in [3.05, 3.63) is 88.5 Å². The van der Waals surface area contributed by atoms with Gasteiger partial charge in [-0.25, -0.2) is 0 Å². The summed E-state index contributed by atoms with van der Waals surface area (Å²) in [5.41, 5.74) is 5.34. The minimum Gasteiger partial charge on any atom is -0.385 e. The first-order valence-corrected chi connectivity index (χ1v) is 11.9. The number of nitrogens with zero attached hydrogens (tertiary/aromatic N) is 1. The van der Waals surface area contributed by atoms with Crippen molar-refractivity contribution in [2.24, 2.45) is 0 Å². The van der Waals surface area contributed by atoms with Gasteiger partial charge >= 0.3 is 0 Å². The molecule has 4 rings (SSSR count). The molecule has 170 valence electrons. The Balaban J connectivity index is 1.73. The lowest BCUT2D eigenvalue weighted by atomic mass is 10.0. The summed E-state index contributed by atoms with van der Waals surface area (Å²) in [5, 5.41) is 2.94. The second kappa shape index (κ2) is 10.2. The highest BCUT2D eigenvalue weighted by Gasteiger charge is 2.28. The fourth-order valence-corrected chi connectivity index (χ4v) is 4.94. The minimum atomic E-state index is -0.153. The summed E-state index contributed by atoms with van der Waals surface area (Å²) in [6.45, 7) is 5.68. The maximum Gasteiger partial charge on any atom is 0.259 e. The van der Waals surface area contributed by atoms with Gasteiger partial charge in [-0.15, -0.1) is 0 Å². The lowest BCUT2D eigenvalue weighted by Gasteiger charge is -2.25. The molecular weight excluding hydrogens is 432 g/mol. The fourth-order valence-electron chi connectivity index (χ4n) is 3.88. The Hall–Kier alpha value is -3.09.